The molecule has 0 amide bonds. The number of rotatable bonds is 4. The Labute approximate surface area is 122 Å². The minimum absolute atomic E-state index is 0.0000836. The van der Waals surface area contributed by atoms with E-state index in [1.807, 2.05) is 54.3 Å². The number of hydrogen-bond acceptors (Lipinski definition) is 3. The SMILES string of the molecule is Cn1cc(CCn2c(=O)c(CN)cc3ccccc32)cn1. The zero-order chi connectivity index (χ0) is 14.8. The zero-order valence-electron chi connectivity index (χ0n) is 12.0. The molecule has 1 aromatic carbocycles. The number of nitrogens with zero attached hydrogens (tertiary/aromatic N) is 3. The lowest BCUT2D eigenvalue weighted by molar-refractivity contribution is 0.686. The van der Waals surface area contributed by atoms with Crippen molar-refractivity contribution < 1.29 is 0 Å². The van der Waals surface area contributed by atoms with Gasteiger partial charge < -0.3 is 10.3 Å². The first kappa shape index (κ1) is 13.6. The minimum atomic E-state index is 0.0000836. The van der Waals surface area contributed by atoms with Crippen LogP contribution in [0.3, 0.4) is 0 Å². The molecule has 0 spiro atoms. The van der Waals surface area contributed by atoms with Crippen LogP contribution in [0, 0.1) is 0 Å². The Morgan fingerprint density at radius 1 is 1.29 bits per heavy atom. The molecule has 2 aromatic heterocycles. The van der Waals surface area contributed by atoms with Gasteiger partial charge in [0, 0.05) is 31.9 Å². The van der Waals surface area contributed by atoms with Crippen molar-refractivity contribution in [3.63, 3.8) is 0 Å². The number of pyridine rings is 1. The molecule has 0 saturated carbocycles. The maximum atomic E-state index is 12.5. The van der Waals surface area contributed by atoms with E-state index in [-0.39, 0.29) is 12.1 Å². The predicted molar refractivity (Wildman–Crippen MR) is 83.0 cm³/mol. The van der Waals surface area contributed by atoms with Crippen molar-refractivity contribution in [2.75, 3.05) is 0 Å². The second kappa shape index (κ2) is 5.54. The van der Waals surface area contributed by atoms with Gasteiger partial charge in [0.25, 0.3) is 5.56 Å². The van der Waals surface area contributed by atoms with Crippen LogP contribution in [0.2, 0.25) is 0 Å². The van der Waals surface area contributed by atoms with Crippen molar-refractivity contribution >= 4 is 10.9 Å². The molecule has 0 fully saturated rings. The number of hydrogen-bond donors (Lipinski definition) is 1. The lowest BCUT2D eigenvalue weighted by Gasteiger charge is -2.12. The summed E-state index contributed by atoms with van der Waals surface area (Å²) in [5.41, 5.74) is 8.41. The number of fused-ring (bicyclic) bond motifs is 1. The molecule has 0 aliphatic heterocycles. The number of aromatic nitrogens is 3. The molecule has 2 heterocycles. The van der Waals surface area contributed by atoms with Crippen molar-refractivity contribution in [2.45, 2.75) is 19.5 Å². The van der Waals surface area contributed by atoms with Crippen LogP contribution in [-0.4, -0.2) is 14.3 Å². The van der Waals surface area contributed by atoms with Gasteiger partial charge in [0.05, 0.1) is 11.7 Å². The topological polar surface area (TPSA) is 65.8 Å². The van der Waals surface area contributed by atoms with Gasteiger partial charge in [0.2, 0.25) is 0 Å². The molecule has 5 nitrogen and oxygen atoms in total. The van der Waals surface area contributed by atoms with Crippen LogP contribution >= 0.6 is 0 Å². The largest absolute Gasteiger partial charge is 0.326 e. The smallest absolute Gasteiger partial charge is 0.255 e. The van der Waals surface area contributed by atoms with E-state index in [4.69, 9.17) is 5.73 Å². The summed E-state index contributed by atoms with van der Waals surface area (Å²) in [6, 6.07) is 9.79. The molecular weight excluding hydrogens is 264 g/mol. The highest BCUT2D eigenvalue weighted by Gasteiger charge is 2.08. The normalized spacial score (nSPS) is 11.1. The lowest BCUT2D eigenvalue weighted by atomic mass is 10.1. The lowest BCUT2D eigenvalue weighted by Crippen LogP contribution is -2.26. The zero-order valence-corrected chi connectivity index (χ0v) is 12.0. The van der Waals surface area contributed by atoms with Crippen molar-refractivity contribution in [3.8, 4) is 0 Å². The molecular formula is C16H18N4O. The molecule has 0 aliphatic carbocycles. The first-order valence-corrected chi connectivity index (χ1v) is 6.98. The molecule has 3 aromatic rings. The van der Waals surface area contributed by atoms with Gasteiger partial charge in [-0.3, -0.25) is 9.48 Å². The van der Waals surface area contributed by atoms with E-state index in [2.05, 4.69) is 5.10 Å². The summed E-state index contributed by atoms with van der Waals surface area (Å²) in [5.74, 6) is 0. The van der Waals surface area contributed by atoms with Crippen LogP contribution in [0.4, 0.5) is 0 Å². The van der Waals surface area contributed by atoms with E-state index < -0.39 is 0 Å². The van der Waals surface area contributed by atoms with E-state index >= 15 is 0 Å². The highest BCUT2D eigenvalue weighted by Crippen LogP contribution is 2.14. The average molecular weight is 282 g/mol. The summed E-state index contributed by atoms with van der Waals surface area (Å²) in [6.07, 6.45) is 4.58. The van der Waals surface area contributed by atoms with Crippen LogP contribution in [0.15, 0.2) is 47.5 Å². The van der Waals surface area contributed by atoms with Gasteiger partial charge in [0.15, 0.2) is 0 Å². The molecule has 108 valence electrons. The van der Waals surface area contributed by atoms with Crippen LogP contribution < -0.4 is 11.3 Å². The summed E-state index contributed by atoms with van der Waals surface area (Å²) in [6.45, 7) is 0.884. The molecule has 5 heteroatoms. The fraction of sp³-hybridized carbons (Fsp3) is 0.250. The molecule has 0 bridgehead atoms. The molecule has 2 N–H and O–H groups in total. The first-order valence-electron chi connectivity index (χ1n) is 6.98. The molecule has 21 heavy (non-hydrogen) atoms. The highest BCUT2D eigenvalue weighted by molar-refractivity contribution is 5.79. The molecule has 0 atom stereocenters. The maximum Gasteiger partial charge on any atom is 0.255 e. The maximum absolute atomic E-state index is 12.5. The average Bonchev–Trinajstić information content (AvgIpc) is 2.91. The van der Waals surface area contributed by atoms with Gasteiger partial charge in [-0.2, -0.15) is 5.10 Å². The Kier molecular flexibility index (Phi) is 3.58. The Hall–Kier alpha value is -2.40. The van der Waals surface area contributed by atoms with Crippen molar-refractivity contribution in [1.82, 2.24) is 14.3 Å². The Bertz CT molecular complexity index is 832. The molecule has 3 rings (SSSR count). The number of nitrogens with two attached hydrogens (primary N) is 1. The standard InChI is InChI=1S/C16H18N4O/c1-19-11-12(10-18-19)6-7-20-15-5-3-2-4-13(15)8-14(9-17)16(20)21/h2-5,8,10-11H,6-7,9,17H2,1H3. The fourth-order valence-corrected chi connectivity index (χ4v) is 2.60. The van der Waals surface area contributed by atoms with Crippen molar-refractivity contribution in [2.24, 2.45) is 12.8 Å². The Balaban J connectivity index is 2.03. The van der Waals surface area contributed by atoms with Gasteiger partial charge in [-0.15, -0.1) is 0 Å². The van der Waals surface area contributed by atoms with Crippen LogP contribution in [0.25, 0.3) is 10.9 Å². The molecule has 0 saturated heterocycles. The molecule has 0 aliphatic rings. The summed E-state index contributed by atoms with van der Waals surface area (Å²) >= 11 is 0. The second-order valence-electron chi connectivity index (χ2n) is 5.16. The number of benzene rings is 1. The highest BCUT2D eigenvalue weighted by atomic mass is 16.1. The second-order valence-corrected chi connectivity index (χ2v) is 5.16. The number of para-hydroxylation sites is 1. The third-order valence-corrected chi connectivity index (χ3v) is 3.68. The van der Waals surface area contributed by atoms with Gasteiger partial charge in [0.1, 0.15) is 0 Å². The minimum Gasteiger partial charge on any atom is -0.326 e. The number of aryl methyl sites for hydroxylation is 3. The van der Waals surface area contributed by atoms with Crippen LogP contribution in [0.5, 0.6) is 0 Å². The Morgan fingerprint density at radius 3 is 2.81 bits per heavy atom. The van der Waals surface area contributed by atoms with Crippen molar-refractivity contribution in [1.29, 1.82) is 0 Å². The van der Waals surface area contributed by atoms with E-state index in [0.29, 0.717) is 12.1 Å². The first-order chi connectivity index (χ1) is 10.2. The third kappa shape index (κ3) is 2.60. The summed E-state index contributed by atoms with van der Waals surface area (Å²) < 4.78 is 3.58. The summed E-state index contributed by atoms with van der Waals surface area (Å²) in [4.78, 5) is 12.5. The van der Waals surface area contributed by atoms with Crippen LogP contribution in [-0.2, 0) is 26.6 Å². The van der Waals surface area contributed by atoms with E-state index in [9.17, 15) is 4.79 Å². The van der Waals surface area contributed by atoms with Gasteiger partial charge in [-0.05, 0) is 29.5 Å². The summed E-state index contributed by atoms with van der Waals surface area (Å²) in [7, 11) is 1.89. The third-order valence-electron chi connectivity index (χ3n) is 3.68. The van der Waals surface area contributed by atoms with Gasteiger partial charge in [-0.25, -0.2) is 0 Å². The van der Waals surface area contributed by atoms with E-state index in [1.54, 1.807) is 4.68 Å². The van der Waals surface area contributed by atoms with Crippen LogP contribution in [0.1, 0.15) is 11.1 Å². The summed E-state index contributed by atoms with van der Waals surface area (Å²) in [5, 5.41) is 5.20. The van der Waals surface area contributed by atoms with E-state index in [0.717, 1.165) is 22.9 Å². The predicted octanol–water partition coefficient (Wildman–Crippen LogP) is 1.44. The van der Waals surface area contributed by atoms with Gasteiger partial charge >= 0.3 is 0 Å². The quantitative estimate of drug-likeness (QED) is 0.787. The fourth-order valence-electron chi connectivity index (χ4n) is 2.60. The molecule has 0 unspecified atom stereocenters. The monoisotopic (exact) mass is 282 g/mol. The van der Waals surface area contributed by atoms with Gasteiger partial charge in [-0.1, -0.05) is 18.2 Å². The van der Waals surface area contributed by atoms with E-state index in [1.165, 1.54) is 0 Å². The molecule has 0 radical (unpaired) electrons. The Morgan fingerprint density at radius 2 is 2.10 bits per heavy atom. The van der Waals surface area contributed by atoms with Crippen molar-refractivity contribution in [3.05, 3.63) is 64.2 Å².